The Morgan fingerprint density at radius 2 is 2.00 bits per heavy atom. The van der Waals surface area contributed by atoms with Crippen LogP contribution >= 0.6 is 0 Å². The predicted octanol–water partition coefficient (Wildman–Crippen LogP) is 2.31. The summed E-state index contributed by atoms with van der Waals surface area (Å²) in [5.74, 6) is -0.288. The van der Waals surface area contributed by atoms with Crippen LogP contribution in [0.2, 0.25) is 0 Å². The topological polar surface area (TPSA) is 44.8 Å². The first-order chi connectivity index (χ1) is 8.33. The summed E-state index contributed by atoms with van der Waals surface area (Å²) in [6.07, 6.45) is 7.33. The molecule has 1 atom stereocenters. The lowest BCUT2D eigenvalue weighted by molar-refractivity contribution is -0.175. The summed E-state index contributed by atoms with van der Waals surface area (Å²) in [7, 11) is 0. The van der Waals surface area contributed by atoms with Crippen molar-refractivity contribution in [2.75, 3.05) is 26.4 Å². The molecule has 1 aliphatic heterocycles. The molecule has 1 heterocycles. The minimum atomic E-state index is -0.288. The average Bonchev–Trinajstić information content (AvgIpc) is 2.33. The highest BCUT2D eigenvalue weighted by Crippen LogP contribution is 2.06. The Kier molecular flexibility index (Phi) is 8.01. The standard InChI is InChI=1S/C13H24O4/c1-2-3-4-5-6-7-8-15-9-12-10-16-11-13(14)17-12/h12H,2-11H2,1H3. The van der Waals surface area contributed by atoms with Gasteiger partial charge in [-0.3, -0.25) is 0 Å². The lowest BCUT2D eigenvalue weighted by Crippen LogP contribution is -2.36. The van der Waals surface area contributed by atoms with Crippen LogP contribution in [0.25, 0.3) is 0 Å². The van der Waals surface area contributed by atoms with E-state index in [-0.39, 0.29) is 18.7 Å². The maximum Gasteiger partial charge on any atom is 0.332 e. The highest BCUT2D eigenvalue weighted by molar-refractivity contribution is 5.71. The number of cyclic esters (lactones) is 1. The van der Waals surface area contributed by atoms with E-state index >= 15 is 0 Å². The monoisotopic (exact) mass is 244 g/mol. The van der Waals surface area contributed by atoms with Gasteiger partial charge in [-0.05, 0) is 6.42 Å². The van der Waals surface area contributed by atoms with E-state index in [1.807, 2.05) is 0 Å². The molecule has 1 saturated heterocycles. The van der Waals surface area contributed by atoms with E-state index in [0.717, 1.165) is 13.0 Å². The van der Waals surface area contributed by atoms with Crippen molar-refractivity contribution in [2.24, 2.45) is 0 Å². The van der Waals surface area contributed by atoms with Crippen molar-refractivity contribution >= 4 is 5.97 Å². The minimum Gasteiger partial charge on any atom is -0.456 e. The number of hydrogen-bond donors (Lipinski definition) is 0. The van der Waals surface area contributed by atoms with E-state index in [0.29, 0.717) is 13.2 Å². The molecule has 1 aliphatic rings. The zero-order valence-electron chi connectivity index (χ0n) is 10.8. The van der Waals surface area contributed by atoms with E-state index in [1.54, 1.807) is 0 Å². The second-order valence-corrected chi connectivity index (χ2v) is 4.47. The molecule has 0 N–H and O–H groups in total. The number of carbonyl (C=O) groups excluding carboxylic acids is 1. The van der Waals surface area contributed by atoms with Crippen molar-refractivity contribution in [3.05, 3.63) is 0 Å². The molecule has 0 amide bonds. The summed E-state index contributed by atoms with van der Waals surface area (Å²) >= 11 is 0. The molecule has 17 heavy (non-hydrogen) atoms. The number of hydrogen-bond acceptors (Lipinski definition) is 4. The molecule has 0 radical (unpaired) electrons. The van der Waals surface area contributed by atoms with Gasteiger partial charge in [-0.15, -0.1) is 0 Å². The van der Waals surface area contributed by atoms with Crippen LogP contribution in [0.5, 0.6) is 0 Å². The third kappa shape index (κ3) is 7.34. The third-order valence-electron chi connectivity index (χ3n) is 2.77. The maximum atomic E-state index is 10.9. The van der Waals surface area contributed by atoms with Crippen LogP contribution in [-0.4, -0.2) is 38.5 Å². The Labute approximate surface area is 104 Å². The summed E-state index contributed by atoms with van der Waals surface area (Å²) in [6, 6.07) is 0. The fraction of sp³-hybridized carbons (Fsp3) is 0.923. The Balaban J connectivity index is 1.85. The van der Waals surface area contributed by atoms with Crippen molar-refractivity contribution in [3.8, 4) is 0 Å². The Bertz CT molecular complexity index is 206. The van der Waals surface area contributed by atoms with Gasteiger partial charge in [-0.25, -0.2) is 4.79 Å². The van der Waals surface area contributed by atoms with Crippen LogP contribution < -0.4 is 0 Å². The number of esters is 1. The number of unbranched alkanes of at least 4 members (excludes halogenated alkanes) is 5. The van der Waals surface area contributed by atoms with Crippen molar-refractivity contribution in [3.63, 3.8) is 0 Å². The molecule has 0 aromatic heterocycles. The summed E-state index contributed by atoms with van der Waals surface area (Å²) in [6.45, 7) is 3.97. The van der Waals surface area contributed by atoms with Crippen LogP contribution in [0.1, 0.15) is 45.4 Å². The summed E-state index contributed by atoms with van der Waals surface area (Å²) < 4.78 is 15.6. The van der Waals surface area contributed by atoms with E-state index in [9.17, 15) is 4.79 Å². The Morgan fingerprint density at radius 1 is 1.24 bits per heavy atom. The SMILES string of the molecule is CCCCCCCCOCC1COCC(=O)O1. The molecular formula is C13H24O4. The molecule has 0 aliphatic carbocycles. The van der Waals surface area contributed by atoms with Crippen LogP contribution in [0, 0.1) is 0 Å². The molecule has 100 valence electrons. The van der Waals surface area contributed by atoms with Crippen molar-refractivity contribution in [2.45, 2.75) is 51.6 Å². The van der Waals surface area contributed by atoms with Gasteiger partial charge in [0, 0.05) is 6.61 Å². The van der Waals surface area contributed by atoms with Gasteiger partial charge in [-0.2, -0.15) is 0 Å². The van der Waals surface area contributed by atoms with Crippen LogP contribution in [0.15, 0.2) is 0 Å². The average molecular weight is 244 g/mol. The molecule has 0 aromatic carbocycles. The van der Waals surface area contributed by atoms with Gasteiger partial charge in [0.2, 0.25) is 0 Å². The first-order valence-electron chi connectivity index (χ1n) is 6.68. The first-order valence-corrected chi connectivity index (χ1v) is 6.68. The van der Waals surface area contributed by atoms with Gasteiger partial charge < -0.3 is 14.2 Å². The molecule has 1 fully saturated rings. The van der Waals surface area contributed by atoms with Gasteiger partial charge in [-0.1, -0.05) is 39.0 Å². The zero-order chi connectivity index (χ0) is 12.3. The van der Waals surface area contributed by atoms with Crippen molar-refractivity contribution in [1.82, 2.24) is 0 Å². The third-order valence-corrected chi connectivity index (χ3v) is 2.77. The quantitative estimate of drug-likeness (QED) is 0.461. The Hall–Kier alpha value is -0.610. The number of rotatable bonds is 9. The lowest BCUT2D eigenvalue weighted by Gasteiger charge is -2.22. The first kappa shape index (κ1) is 14.5. The van der Waals surface area contributed by atoms with Crippen LogP contribution in [0.4, 0.5) is 0 Å². The lowest BCUT2D eigenvalue weighted by atomic mass is 10.1. The molecule has 0 aromatic rings. The number of ether oxygens (including phenoxy) is 3. The largest absolute Gasteiger partial charge is 0.456 e. The van der Waals surface area contributed by atoms with Gasteiger partial charge in [0.1, 0.15) is 12.7 Å². The van der Waals surface area contributed by atoms with Gasteiger partial charge >= 0.3 is 5.97 Å². The highest BCUT2D eigenvalue weighted by atomic mass is 16.6. The van der Waals surface area contributed by atoms with Gasteiger partial charge in [0.05, 0.1) is 13.2 Å². The van der Waals surface area contributed by atoms with Gasteiger partial charge in [0.15, 0.2) is 0 Å². The molecule has 0 bridgehead atoms. The van der Waals surface area contributed by atoms with E-state index in [4.69, 9.17) is 14.2 Å². The molecular weight excluding hydrogens is 220 g/mol. The maximum absolute atomic E-state index is 10.9. The fourth-order valence-corrected chi connectivity index (χ4v) is 1.81. The van der Waals surface area contributed by atoms with Crippen LogP contribution in [-0.2, 0) is 19.0 Å². The molecule has 1 rings (SSSR count). The predicted molar refractivity (Wildman–Crippen MR) is 64.9 cm³/mol. The van der Waals surface area contributed by atoms with Crippen molar-refractivity contribution in [1.29, 1.82) is 0 Å². The van der Waals surface area contributed by atoms with E-state index in [2.05, 4.69) is 6.92 Å². The van der Waals surface area contributed by atoms with Crippen molar-refractivity contribution < 1.29 is 19.0 Å². The molecule has 0 spiro atoms. The van der Waals surface area contributed by atoms with Gasteiger partial charge in [0.25, 0.3) is 0 Å². The summed E-state index contributed by atoms with van der Waals surface area (Å²) in [5, 5.41) is 0. The van der Waals surface area contributed by atoms with E-state index in [1.165, 1.54) is 32.1 Å². The molecule has 4 heteroatoms. The second-order valence-electron chi connectivity index (χ2n) is 4.47. The molecule has 4 nitrogen and oxygen atoms in total. The van der Waals surface area contributed by atoms with E-state index < -0.39 is 0 Å². The molecule has 0 saturated carbocycles. The molecule has 1 unspecified atom stereocenters. The second kappa shape index (κ2) is 9.42. The summed E-state index contributed by atoms with van der Waals surface area (Å²) in [4.78, 5) is 10.9. The van der Waals surface area contributed by atoms with Crippen LogP contribution in [0.3, 0.4) is 0 Å². The smallest absolute Gasteiger partial charge is 0.332 e. The fourth-order valence-electron chi connectivity index (χ4n) is 1.81. The number of carbonyl (C=O) groups is 1. The highest BCUT2D eigenvalue weighted by Gasteiger charge is 2.20. The normalized spacial score (nSPS) is 20.3. The minimum absolute atomic E-state index is 0.0773. The zero-order valence-corrected chi connectivity index (χ0v) is 10.8. The Morgan fingerprint density at radius 3 is 2.76 bits per heavy atom. The summed E-state index contributed by atoms with van der Waals surface area (Å²) in [5.41, 5.74) is 0.